The minimum absolute atomic E-state index is 0.150. The van der Waals surface area contributed by atoms with E-state index in [1.165, 1.54) is 14.0 Å². The average molecular weight is 245 g/mol. The van der Waals surface area contributed by atoms with Gasteiger partial charge in [-0.25, -0.2) is 4.79 Å². The van der Waals surface area contributed by atoms with E-state index >= 15 is 0 Å². The zero-order valence-corrected chi connectivity index (χ0v) is 9.82. The standard InChI is InChI=1S/C11H13ClO4/c1-7(11(13)14)16-6-8-5-9(12)3-4-10(8)15-2/h3-5,7H,6H2,1-2H3,(H,13,14)/t7-/m1/s1. The summed E-state index contributed by atoms with van der Waals surface area (Å²) in [5.41, 5.74) is 0.725. The number of aliphatic carboxylic acids is 1. The maximum atomic E-state index is 10.6. The van der Waals surface area contributed by atoms with Gasteiger partial charge in [0.15, 0.2) is 6.10 Å². The highest BCUT2D eigenvalue weighted by Crippen LogP contribution is 2.23. The number of rotatable bonds is 5. The number of hydrogen-bond donors (Lipinski definition) is 1. The molecule has 1 aromatic rings. The monoisotopic (exact) mass is 244 g/mol. The first-order valence-corrected chi connectivity index (χ1v) is 5.09. The van der Waals surface area contributed by atoms with Gasteiger partial charge in [-0.2, -0.15) is 0 Å². The maximum Gasteiger partial charge on any atom is 0.332 e. The Labute approximate surface area is 98.7 Å². The van der Waals surface area contributed by atoms with Gasteiger partial charge in [0.1, 0.15) is 5.75 Å². The molecule has 1 rings (SSSR count). The number of benzene rings is 1. The second-order valence-corrected chi connectivity index (χ2v) is 3.68. The number of carboxylic acids is 1. The SMILES string of the molecule is COc1ccc(Cl)cc1CO[C@H](C)C(=O)O. The summed E-state index contributed by atoms with van der Waals surface area (Å²) in [4.78, 5) is 10.6. The Morgan fingerprint density at radius 3 is 2.81 bits per heavy atom. The third-order valence-corrected chi connectivity index (χ3v) is 2.31. The molecule has 1 atom stereocenters. The molecule has 0 aliphatic heterocycles. The summed E-state index contributed by atoms with van der Waals surface area (Å²) in [7, 11) is 1.54. The van der Waals surface area contributed by atoms with Crippen LogP contribution in [-0.2, 0) is 16.1 Å². The van der Waals surface area contributed by atoms with Crippen molar-refractivity contribution in [2.45, 2.75) is 19.6 Å². The molecule has 0 saturated heterocycles. The predicted octanol–water partition coefficient (Wildman–Crippen LogP) is 2.34. The highest BCUT2D eigenvalue weighted by atomic mass is 35.5. The van der Waals surface area contributed by atoms with Crippen molar-refractivity contribution < 1.29 is 19.4 Å². The Kier molecular flexibility index (Phi) is 4.58. The molecule has 0 aromatic heterocycles. The van der Waals surface area contributed by atoms with E-state index in [-0.39, 0.29) is 6.61 Å². The zero-order valence-electron chi connectivity index (χ0n) is 9.07. The molecule has 0 aliphatic carbocycles. The zero-order chi connectivity index (χ0) is 12.1. The second-order valence-electron chi connectivity index (χ2n) is 3.25. The van der Waals surface area contributed by atoms with Crippen LogP contribution in [0.4, 0.5) is 0 Å². The largest absolute Gasteiger partial charge is 0.496 e. The van der Waals surface area contributed by atoms with Crippen LogP contribution in [0.3, 0.4) is 0 Å². The van der Waals surface area contributed by atoms with Crippen molar-refractivity contribution in [3.8, 4) is 5.75 Å². The van der Waals surface area contributed by atoms with Gasteiger partial charge < -0.3 is 14.6 Å². The van der Waals surface area contributed by atoms with Gasteiger partial charge in [0.05, 0.1) is 13.7 Å². The van der Waals surface area contributed by atoms with Crippen LogP contribution in [0.5, 0.6) is 5.75 Å². The van der Waals surface area contributed by atoms with Gasteiger partial charge in [0.2, 0.25) is 0 Å². The van der Waals surface area contributed by atoms with Crippen molar-refractivity contribution in [3.63, 3.8) is 0 Å². The molecule has 0 spiro atoms. The number of methoxy groups -OCH3 is 1. The molecule has 0 radical (unpaired) electrons. The smallest absolute Gasteiger partial charge is 0.332 e. The van der Waals surface area contributed by atoms with Crippen molar-refractivity contribution in [2.75, 3.05) is 7.11 Å². The van der Waals surface area contributed by atoms with Crippen molar-refractivity contribution in [1.82, 2.24) is 0 Å². The molecule has 16 heavy (non-hydrogen) atoms. The van der Waals surface area contributed by atoms with Gasteiger partial charge in [-0.1, -0.05) is 11.6 Å². The van der Waals surface area contributed by atoms with Crippen LogP contribution < -0.4 is 4.74 Å². The van der Waals surface area contributed by atoms with E-state index in [4.69, 9.17) is 26.2 Å². The van der Waals surface area contributed by atoms with Gasteiger partial charge in [-0.3, -0.25) is 0 Å². The lowest BCUT2D eigenvalue weighted by molar-refractivity contribution is -0.149. The van der Waals surface area contributed by atoms with Gasteiger partial charge in [0.25, 0.3) is 0 Å². The number of carbonyl (C=O) groups is 1. The first-order chi connectivity index (χ1) is 7.54. The first kappa shape index (κ1) is 12.8. The average Bonchev–Trinajstić information content (AvgIpc) is 2.25. The first-order valence-electron chi connectivity index (χ1n) is 4.71. The summed E-state index contributed by atoms with van der Waals surface area (Å²) in [6.45, 7) is 1.62. The molecule has 4 nitrogen and oxygen atoms in total. The van der Waals surface area contributed by atoms with Crippen LogP contribution in [-0.4, -0.2) is 24.3 Å². The quantitative estimate of drug-likeness (QED) is 0.864. The van der Waals surface area contributed by atoms with E-state index in [2.05, 4.69) is 0 Å². The topological polar surface area (TPSA) is 55.8 Å². The Bertz CT molecular complexity index is 378. The third kappa shape index (κ3) is 3.40. The molecule has 0 unspecified atom stereocenters. The Hall–Kier alpha value is -1.26. The summed E-state index contributed by atoms with van der Waals surface area (Å²) in [6, 6.07) is 5.10. The highest BCUT2D eigenvalue weighted by molar-refractivity contribution is 6.30. The van der Waals surface area contributed by atoms with Crippen molar-refractivity contribution >= 4 is 17.6 Å². The lowest BCUT2D eigenvalue weighted by Crippen LogP contribution is -2.19. The fourth-order valence-electron chi connectivity index (χ4n) is 1.15. The highest BCUT2D eigenvalue weighted by Gasteiger charge is 2.12. The Morgan fingerprint density at radius 1 is 1.56 bits per heavy atom. The van der Waals surface area contributed by atoms with Crippen LogP contribution in [0.15, 0.2) is 18.2 Å². The van der Waals surface area contributed by atoms with Crippen LogP contribution in [0.2, 0.25) is 5.02 Å². The maximum absolute atomic E-state index is 10.6. The summed E-state index contributed by atoms with van der Waals surface area (Å²) in [5, 5.41) is 9.22. The van der Waals surface area contributed by atoms with E-state index < -0.39 is 12.1 Å². The molecule has 0 fully saturated rings. The second kappa shape index (κ2) is 5.72. The Morgan fingerprint density at radius 2 is 2.25 bits per heavy atom. The van der Waals surface area contributed by atoms with Crippen molar-refractivity contribution in [3.05, 3.63) is 28.8 Å². The normalized spacial score (nSPS) is 12.2. The lowest BCUT2D eigenvalue weighted by Gasteiger charge is -2.11. The Balaban J connectivity index is 2.72. The van der Waals surface area contributed by atoms with E-state index in [1.54, 1.807) is 18.2 Å². The summed E-state index contributed by atoms with van der Waals surface area (Å²) in [6.07, 6.45) is -0.858. The van der Waals surface area contributed by atoms with Crippen molar-refractivity contribution in [1.29, 1.82) is 0 Å². The molecule has 0 heterocycles. The number of carboxylic acid groups (broad SMARTS) is 1. The van der Waals surface area contributed by atoms with E-state index in [9.17, 15) is 4.79 Å². The summed E-state index contributed by atoms with van der Waals surface area (Å²) >= 11 is 5.82. The minimum Gasteiger partial charge on any atom is -0.496 e. The van der Waals surface area contributed by atoms with Crippen LogP contribution in [0, 0.1) is 0 Å². The molecule has 1 N–H and O–H groups in total. The van der Waals surface area contributed by atoms with Crippen LogP contribution in [0.25, 0.3) is 0 Å². The lowest BCUT2D eigenvalue weighted by atomic mass is 10.2. The molecular formula is C11H13ClO4. The van der Waals surface area contributed by atoms with E-state index in [0.29, 0.717) is 10.8 Å². The van der Waals surface area contributed by atoms with Crippen molar-refractivity contribution in [2.24, 2.45) is 0 Å². The molecule has 1 aromatic carbocycles. The minimum atomic E-state index is -0.999. The van der Waals surface area contributed by atoms with Gasteiger partial charge >= 0.3 is 5.97 Å². The van der Waals surface area contributed by atoms with Gasteiger partial charge in [-0.15, -0.1) is 0 Å². The fourth-order valence-corrected chi connectivity index (χ4v) is 1.34. The molecule has 5 heteroatoms. The van der Waals surface area contributed by atoms with Crippen LogP contribution >= 0.6 is 11.6 Å². The molecule has 0 bridgehead atoms. The molecular weight excluding hydrogens is 232 g/mol. The number of halogens is 1. The number of hydrogen-bond acceptors (Lipinski definition) is 3. The number of ether oxygens (including phenoxy) is 2. The molecule has 0 saturated carbocycles. The molecule has 88 valence electrons. The summed E-state index contributed by atoms with van der Waals surface area (Å²) in [5.74, 6) is -0.372. The van der Waals surface area contributed by atoms with Gasteiger partial charge in [-0.05, 0) is 25.1 Å². The summed E-state index contributed by atoms with van der Waals surface area (Å²) < 4.78 is 10.3. The van der Waals surface area contributed by atoms with Crippen LogP contribution in [0.1, 0.15) is 12.5 Å². The van der Waals surface area contributed by atoms with Gasteiger partial charge in [0, 0.05) is 10.6 Å². The third-order valence-electron chi connectivity index (χ3n) is 2.08. The molecule has 0 amide bonds. The van der Waals surface area contributed by atoms with E-state index in [0.717, 1.165) is 5.56 Å². The molecule has 0 aliphatic rings. The van der Waals surface area contributed by atoms with E-state index in [1.807, 2.05) is 0 Å². The predicted molar refractivity (Wildman–Crippen MR) is 59.9 cm³/mol. The fraction of sp³-hybridized carbons (Fsp3) is 0.364.